The molecule has 0 saturated heterocycles. The summed E-state index contributed by atoms with van der Waals surface area (Å²) in [6.45, 7) is -1.23. The first-order chi connectivity index (χ1) is 9.56. The average Bonchev–Trinajstić information content (AvgIpc) is 2.42. The smallest absolute Gasteiger partial charge is 0.387 e. The van der Waals surface area contributed by atoms with E-state index in [1.807, 2.05) is 6.92 Å². The van der Waals surface area contributed by atoms with Crippen LogP contribution in [0, 0.1) is 5.82 Å². The molecule has 0 amide bonds. The quantitative estimate of drug-likeness (QED) is 0.913. The van der Waals surface area contributed by atoms with Crippen molar-refractivity contribution in [1.29, 1.82) is 0 Å². The van der Waals surface area contributed by atoms with Gasteiger partial charge in [-0.1, -0.05) is 0 Å². The third-order valence-corrected chi connectivity index (χ3v) is 2.56. The zero-order valence-electron chi connectivity index (χ0n) is 10.6. The van der Waals surface area contributed by atoms with Crippen molar-refractivity contribution in [2.45, 2.75) is 19.6 Å². The summed E-state index contributed by atoms with van der Waals surface area (Å²) < 4.78 is 41.6. The lowest BCUT2D eigenvalue weighted by Gasteiger charge is -2.15. The number of ether oxygens (including phenoxy) is 1. The highest BCUT2D eigenvalue weighted by Gasteiger charge is 2.12. The second-order valence-electron chi connectivity index (χ2n) is 4.02. The van der Waals surface area contributed by atoms with Crippen molar-refractivity contribution < 1.29 is 17.9 Å². The van der Waals surface area contributed by atoms with Crippen LogP contribution in [0.15, 0.2) is 36.8 Å². The minimum atomic E-state index is -3.05. The van der Waals surface area contributed by atoms with Crippen molar-refractivity contribution in [1.82, 2.24) is 9.97 Å². The Morgan fingerprint density at radius 1 is 1.25 bits per heavy atom. The van der Waals surface area contributed by atoms with Gasteiger partial charge in [-0.25, -0.2) is 4.39 Å². The average molecular weight is 283 g/mol. The summed E-state index contributed by atoms with van der Waals surface area (Å²) in [6.07, 6.45) is 4.68. The molecule has 1 atom stereocenters. The Bertz CT molecular complexity index is 566. The number of hydrogen-bond acceptors (Lipinski definition) is 4. The molecule has 0 fully saturated rings. The number of aromatic nitrogens is 2. The normalized spacial score (nSPS) is 12.2. The van der Waals surface area contributed by atoms with Crippen molar-refractivity contribution in [3.05, 3.63) is 48.3 Å². The predicted molar refractivity (Wildman–Crippen MR) is 67.1 cm³/mol. The van der Waals surface area contributed by atoms with E-state index >= 15 is 0 Å². The van der Waals surface area contributed by atoms with Crippen molar-refractivity contribution >= 4 is 5.69 Å². The summed E-state index contributed by atoms with van der Waals surface area (Å²) in [5.74, 6) is -1.35. The second-order valence-corrected chi connectivity index (χ2v) is 4.02. The Hall–Kier alpha value is -2.31. The SMILES string of the molecule is CC(Nc1ccc(OC(F)F)c(F)c1)c1cnccn1. The topological polar surface area (TPSA) is 47.0 Å². The summed E-state index contributed by atoms with van der Waals surface area (Å²) in [4.78, 5) is 8.04. The van der Waals surface area contributed by atoms with Crippen LogP contribution in [0.5, 0.6) is 5.75 Å². The van der Waals surface area contributed by atoms with Gasteiger partial charge in [0.2, 0.25) is 0 Å². The summed E-state index contributed by atoms with van der Waals surface area (Å²) in [7, 11) is 0. The molecule has 1 aromatic carbocycles. The lowest BCUT2D eigenvalue weighted by atomic mass is 10.2. The third-order valence-electron chi connectivity index (χ3n) is 2.56. The first kappa shape index (κ1) is 14.1. The van der Waals surface area contributed by atoms with E-state index in [1.54, 1.807) is 18.6 Å². The fraction of sp³-hybridized carbons (Fsp3) is 0.231. The molecule has 2 rings (SSSR count). The molecule has 1 N–H and O–H groups in total. The second kappa shape index (κ2) is 6.23. The van der Waals surface area contributed by atoms with Crippen LogP contribution < -0.4 is 10.1 Å². The molecule has 20 heavy (non-hydrogen) atoms. The van der Waals surface area contributed by atoms with Crippen LogP contribution >= 0.6 is 0 Å². The molecule has 2 aromatic rings. The van der Waals surface area contributed by atoms with E-state index in [4.69, 9.17) is 0 Å². The van der Waals surface area contributed by atoms with E-state index in [-0.39, 0.29) is 6.04 Å². The van der Waals surface area contributed by atoms with E-state index < -0.39 is 18.2 Å². The molecule has 1 aromatic heterocycles. The largest absolute Gasteiger partial charge is 0.432 e. The number of nitrogens with zero attached hydrogens (tertiary/aromatic N) is 2. The Labute approximate surface area is 113 Å². The number of anilines is 1. The number of rotatable bonds is 5. The molecular formula is C13H12F3N3O. The highest BCUT2D eigenvalue weighted by Crippen LogP contribution is 2.25. The fourth-order valence-electron chi connectivity index (χ4n) is 1.64. The molecule has 0 aliphatic carbocycles. The molecule has 1 unspecified atom stereocenters. The highest BCUT2D eigenvalue weighted by atomic mass is 19.3. The first-order valence-electron chi connectivity index (χ1n) is 5.83. The van der Waals surface area contributed by atoms with Crippen molar-refractivity contribution in [3.8, 4) is 5.75 Å². The van der Waals surface area contributed by atoms with Crippen LogP contribution in [0.25, 0.3) is 0 Å². The Morgan fingerprint density at radius 3 is 2.65 bits per heavy atom. The number of halogens is 3. The number of hydrogen-bond donors (Lipinski definition) is 1. The summed E-state index contributed by atoms with van der Waals surface area (Å²) in [6, 6.07) is 3.48. The fourth-order valence-corrected chi connectivity index (χ4v) is 1.64. The molecule has 0 saturated carbocycles. The van der Waals surface area contributed by atoms with Crippen molar-refractivity contribution in [2.24, 2.45) is 0 Å². The molecule has 0 bridgehead atoms. The predicted octanol–water partition coefficient (Wildman–Crippen LogP) is 3.39. The lowest BCUT2D eigenvalue weighted by Crippen LogP contribution is -2.09. The summed E-state index contributed by atoms with van der Waals surface area (Å²) >= 11 is 0. The van der Waals surface area contributed by atoms with Crippen molar-refractivity contribution in [3.63, 3.8) is 0 Å². The maximum Gasteiger partial charge on any atom is 0.387 e. The van der Waals surface area contributed by atoms with E-state index in [0.717, 1.165) is 12.1 Å². The number of benzene rings is 1. The molecule has 7 heteroatoms. The molecule has 0 aliphatic heterocycles. The minimum absolute atomic E-state index is 0.204. The molecular weight excluding hydrogens is 271 g/mol. The van der Waals surface area contributed by atoms with Crippen molar-refractivity contribution in [2.75, 3.05) is 5.32 Å². The van der Waals surface area contributed by atoms with Crippen LogP contribution in [0.4, 0.5) is 18.9 Å². The van der Waals surface area contributed by atoms with E-state index in [0.29, 0.717) is 11.4 Å². The Kier molecular flexibility index (Phi) is 4.39. The standard InChI is InChI=1S/C13H12F3N3O/c1-8(11-7-17-4-5-18-11)19-9-2-3-12(10(14)6-9)20-13(15)16/h2-8,13,19H,1H3. The van der Waals surface area contributed by atoms with Gasteiger partial charge in [0.15, 0.2) is 11.6 Å². The van der Waals surface area contributed by atoms with Gasteiger partial charge in [-0.2, -0.15) is 8.78 Å². The molecule has 0 aliphatic rings. The zero-order valence-corrected chi connectivity index (χ0v) is 10.6. The van der Waals surface area contributed by atoms with Crippen LogP contribution in [0.2, 0.25) is 0 Å². The zero-order chi connectivity index (χ0) is 14.5. The van der Waals surface area contributed by atoms with Gasteiger partial charge in [0.25, 0.3) is 0 Å². The number of alkyl halides is 2. The maximum atomic E-state index is 13.5. The van der Waals surface area contributed by atoms with Crippen LogP contribution in [-0.2, 0) is 0 Å². The third kappa shape index (κ3) is 3.59. The van der Waals surface area contributed by atoms with Crippen LogP contribution in [-0.4, -0.2) is 16.6 Å². The van der Waals surface area contributed by atoms with E-state index in [1.165, 1.54) is 6.07 Å². The number of nitrogens with one attached hydrogen (secondary N) is 1. The summed E-state index contributed by atoms with van der Waals surface area (Å²) in [5, 5.41) is 2.99. The van der Waals surface area contributed by atoms with Gasteiger partial charge in [-0.15, -0.1) is 0 Å². The molecule has 4 nitrogen and oxygen atoms in total. The molecule has 1 heterocycles. The monoisotopic (exact) mass is 283 g/mol. The van der Waals surface area contributed by atoms with Gasteiger partial charge in [-0.05, 0) is 19.1 Å². The van der Waals surface area contributed by atoms with Gasteiger partial charge in [0.1, 0.15) is 0 Å². The van der Waals surface area contributed by atoms with Gasteiger partial charge in [0, 0.05) is 24.1 Å². The first-order valence-corrected chi connectivity index (χ1v) is 5.83. The van der Waals surface area contributed by atoms with Gasteiger partial charge in [0.05, 0.1) is 17.9 Å². The van der Waals surface area contributed by atoms with Crippen LogP contribution in [0.1, 0.15) is 18.7 Å². The van der Waals surface area contributed by atoms with E-state index in [9.17, 15) is 13.2 Å². The van der Waals surface area contributed by atoms with E-state index in [2.05, 4.69) is 20.0 Å². The highest BCUT2D eigenvalue weighted by molar-refractivity contribution is 5.48. The van der Waals surface area contributed by atoms with Gasteiger partial charge < -0.3 is 10.1 Å². The molecule has 0 spiro atoms. The maximum absolute atomic E-state index is 13.5. The lowest BCUT2D eigenvalue weighted by molar-refractivity contribution is -0.0521. The van der Waals surface area contributed by atoms with Crippen LogP contribution in [0.3, 0.4) is 0 Å². The molecule has 106 valence electrons. The molecule has 0 radical (unpaired) electrons. The Balaban J connectivity index is 2.09. The summed E-state index contributed by atoms with van der Waals surface area (Å²) in [5.41, 5.74) is 1.11. The minimum Gasteiger partial charge on any atom is -0.432 e. The van der Waals surface area contributed by atoms with Gasteiger partial charge in [-0.3, -0.25) is 9.97 Å². The Morgan fingerprint density at radius 2 is 2.05 bits per heavy atom. The van der Waals surface area contributed by atoms with Gasteiger partial charge >= 0.3 is 6.61 Å².